The summed E-state index contributed by atoms with van der Waals surface area (Å²) in [5.41, 5.74) is 0.716. The minimum absolute atomic E-state index is 0.269. The third-order valence-electron chi connectivity index (χ3n) is 3.88. The Morgan fingerprint density at radius 2 is 1.95 bits per heavy atom. The van der Waals surface area contributed by atoms with Gasteiger partial charge in [-0.05, 0) is 37.8 Å². The van der Waals surface area contributed by atoms with Gasteiger partial charge in [-0.2, -0.15) is 0 Å². The van der Waals surface area contributed by atoms with Gasteiger partial charge >= 0.3 is 0 Å². The van der Waals surface area contributed by atoms with Crippen LogP contribution in [0.25, 0.3) is 0 Å². The van der Waals surface area contributed by atoms with Crippen LogP contribution in [0.5, 0.6) is 17.2 Å². The van der Waals surface area contributed by atoms with Crippen LogP contribution in [0.1, 0.15) is 37.4 Å². The van der Waals surface area contributed by atoms with E-state index in [1.807, 2.05) is 6.07 Å². The van der Waals surface area contributed by atoms with E-state index in [4.69, 9.17) is 18.9 Å². The molecule has 0 amide bonds. The zero-order valence-electron chi connectivity index (χ0n) is 12.9. The molecule has 0 saturated carbocycles. The number of benzene rings is 1. The molecule has 1 N–H and O–H groups in total. The van der Waals surface area contributed by atoms with E-state index in [9.17, 15) is 5.11 Å². The maximum Gasteiger partial charge on any atom is 0.203 e. The fraction of sp³-hybridized carbons (Fsp3) is 0.625. The highest BCUT2D eigenvalue weighted by Gasteiger charge is 2.23. The highest BCUT2D eigenvalue weighted by molar-refractivity contribution is 5.56. The molecule has 0 aromatic heterocycles. The van der Waals surface area contributed by atoms with Gasteiger partial charge in [-0.15, -0.1) is 0 Å². The van der Waals surface area contributed by atoms with Crippen molar-refractivity contribution in [1.29, 1.82) is 0 Å². The molecule has 0 radical (unpaired) electrons. The van der Waals surface area contributed by atoms with Gasteiger partial charge in [-0.3, -0.25) is 0 Å². The van der Waals surface area contributed by atoms with Gasteiger partial charge in [-0.25, -0.2) is 0 Å². The molecule has 1 aromatic carbocycles. The monoisotopic (exact) mass is 296 g/mol. The summed E-state index contributed by atoms with van der Waals surface area (Å²) in [5.74, 6) is 1.62. The minimum atomic E-state index is -0.607. The fourth-order valence-electron chi connectivity index (χ4n) is 2.76. The molecule has 1 heterocycles. The molecule has 2 unspecified atom stereocenters. The molecule has 0 aliphatic carbocycles. The molecule has 0 spiro atoms. The van der Waals surface area contributed by atoms with Crippen molar-refractivity contribution in [3.05, 3.63) is 17.7 Å². The first-order chi connectivity index (χ1) is 10.2. The third-order valence-corrected chi connectivity index (χ3v) is 3.88. The molecule has 21 heavy (non-hydrogen) atoms. The van der Waals surface area contributed by atoms with Gasteiger partial charge in [0.05, 0.1) is 33.5 Å². The Morgan fingerprint density at radius 1 is 1.19 bits per heavy atom. The first kappa shape index (κ1) is 15.9. The number of hydrogen-bond donors (Lipinski definition) is 1. The van der Waals surface area contributed by atoms with E-state index in [0.717, 1.165) is 25.9 Å². The van der Waals surface area contributed by atoms with E-state index < -0.39 is 6.10 Å². The van der Waals surface area contributed by atoms with Crippen molar-refractivity contribution in [1.82, 2.24) is 0 Å². The lowest BCUT2D eigenvalue weighted by Gasteiger charge is -2.20. The molecule has 5 nitrogen and oxygen atoms in total. The van der Waals surface area contributed by atoms with Crippen LogP contribution in [-0.4, -0.2) is 39.1 Å². The van der Waals surface area contributed by atoms with Crippen LogP contribution in [0.3, 0.4) is 0 Å². The number of aliphatic hydroxyl groups excluding tert-OH is 1. The van der Waals surface area contributed by atoms with Crippen molar-refractivity contribution in [3.63, 3.8) is 0 Å². The molecular formula is C16H24O5. The highest BCUT2D eigenvalue weighted by atomic mass is 16.5. The summed E-state index contributed by atoms with van der Waals surface area (Å²) in [6.45, 7) is 0.834. The maximum absolute atomic E-state index is 10.4. The summed E-state index contributed by atoms with van der Waals surface area (Å²) in [6, 6.07) is 3.60. The van der Waals surface area contributed by atoms with Crippen molar-refractivity contribution >= 4 is 0 Å². The number of hydrogen-bond acceptors (Lipinski definition) is 5. The Hall–Kier alpha value is -1.46. The van der Waals surface area contributed by atoms with E-state index in [2.05, 4.69) is 0 Å². The van der Waals surface area contributed by atoms with Crippen molar-refractivity contribution in [3.8, 4) is 17.2 Å². The zero-order valence-corrected chi connectivity index (χ0v) is 12.9. The number of methoxy groups -OCH3 is 3. The standard InChI is InChI=1S/C16H24O5/c1-18-14-9-7-12(15(19-2)16(14)20-3)13(17)8-6-11-5-4-10-21-11/h7,9,11,13,17H,4-6,8,10H2,1-3H3. The average molecular weight is 296 g/mol. The van der Waals surface area contributed by atoms with Crippen LogP contribution in [0.15, 0.2) is 12.1 Å². The molecule has 1 aliphatic heterocycles. The average Bonchev–Trinajstić information content (AvgIpc) is 3.04. The van der Waals surface area contributed by atoms with Crippen molar-refractivity contribution in [2.45, 2.75) is 37.9 Å². The maximum atomic E-state index is 10.4. The molecular weight excluding hydrogens is 272 g/mol. The summed E-state index contributed by atoms with van der Waals surface area (Å²) in [7, 11) is 4.70. The van der Waals surface area contributed by atoms with Crippen molar-refractivity contribution < 1.29 is 24.1 Å². The van der Waals surface area contributed by atoms with E-state index in [1.165, 1.54) is 0 Å². The predicted molar refractivity (Wildman–Crippen MR) is 79.3 cm³/mol. The summed E-state index contributed by atoms with van der Waals surface area (Å²) >= 11 is 0. The number of rotatable bonds is 7. The second kappa shape index (κ2) is 7.52. The highest BCUT2D eigenvalue weighted by Crippen LogP contribution is 2.43. The third kappa shape index (κ3) is 3.60. The van der Waals surface area contributed by atoms with Gasteiger partial charge in [0.2, 0.25) is 5.75 Å². The molecule has 2 atom stereocenters. The van der Waals surface area contributed by atoms with Crippen LogP contribution in [0.4, 0.5) is 0 Å². The van der Waals surface area contributed by atoms with Crippen LogP contribution in [0, 0.1) is 0 Å². The van der Waals surface area contributed by atoms with Crippen LogP contribution in [0.2, 0.25) is 0 Å². The Labute approximate surface area is 125 Å². The second-order valence-electron chi connectivity index (χ2n) is 5.15. The first-order valence-electron chi connectivity index (χ1n) is 7.29. The quantitative estimate of drug-likeness (QED) is 0.838. The van der Waals surface area contributed by atoms with Crippen molar-refractivity contribution in [2.24, 2.45) is 0 Å². The molecule has 5 heteroatoms. The molecule has 0 bridgehead atoms. The Kier molecular flexibility index (Phi) is 5.70. The van der Waals surface area contributed by atoms with Gasteiger partial charge in [0.25, 0.3) is 0 Å². The summed E-state index contributed by atoms with van der Waals surface area (Å²) in [6.07, 6.45) is 3.33. The minimum Gasteiger partial charge on any atom is -0.493 e. The summed E-state index contributed by atoms with van der Waals surface area (Å²) in [5, 5.41) is 10.4. The van der Waals surface area contributed by atoms with Crippen LogP contribution < -0.4 is 14.2 Å². The smallest absolute Gasteiger partial charge is 0.203 e. The first-order valence-corrected chi connectivity index (χ1v) is 7.29. The molecule has 118 valence electrons. The Bertz CT molecular complexity index is 454. The molecule has 1 aliphatic rings. The van der Waals surface area contributed by atoms with E-state index in [0.29, 0.717) is 29.2 Å². The Morgan fingerprint density at radius 3 is 2.52 bits per heavy atom. The lowest BCUT2D eigenvalue weighted by Crippen LogP contribution is -2.09. The molecule has 1 saturated heterocycles. The summed E-state index contributed by atoms with van der Waals surface area (Å²) < 4.78 is 21.6. The van der Waals surface area contributed by atoms with E-state index in [-0.39, 0.29) is 6.10 Å². The summed E-state index contributed by atoms with van der Waals surface area (Å²) in [4.78, 5) is 0. The van der Waals surface area contributed by atoms with Gasteiger partial charge in [-0.1, -0.05) is 0 Å². The Balaban J connectivity index is 2.13. The topological polar surface area (TPSA) is 57.2 Å². The molecule has 1 fully saturated rings. The van der Waals surface area contributed by atoms with Crippen LogP contribution in [-0.2, 0) is 4.74 Å². The number of aliphatic hydroxyl groups is 1. The number of ether oxygens (including phenoxy) is 4. The van der Waals surface area contributed by atoms with Gasteiger partial charge in [0.15, 0.2) is 11.5 Å². The SMILES string of the molecule is COc1ccc(C(O)CCC2CCCO2)c(OC)c1OC. The second-order valence-corrected chi connectivity index (χ2v) is 5.15. The fourth-order valence-corrected chi connectivity index (χ4v) is 2.76. The predicted octanol–water partition coefficient (Wildman–Crippen LogP) is 2.71. The van der Waals surface area contributed by atoms with E-state index in [1.54, 1.807) is 27.4 Å². The largest absolute Gasteiger partial charge is 0.493 e. The lowest BCUT2D eigenvalue weighted by atomic mass is 10.00. The van der Waals surface area contributed by atoms with Gasteiger partial charge in [0, 0.05) is 12.2 Å². The van der Waals surface area contributed by atoms with Gasteiger partial charge in [0.1, 0.15) is 0 Å². The molecule has 1 aromatic rings. The van der Waals surface area contributed by atoms with Crippen LogP contribution >= 0.6 is 0 Å². The normalized spacial score (nSPS) is 19.3. The van der Waals surface area contributed by atoms with Gasteiger partial charge < -0.3 is 24.1 Å². The molecule has 2 rings (SSSR count). The lowest BCUT2D eigenvalue weighted by molar-refractivity contribution is 0.0804. The van der Waals surface area contributed by atoms with E-state index >= 15 is 0 Å². The zero-order chi connectivity index (χ0) is 15.2. The van der Waals surface area contributed by atoms with Crippen molar-refractivity contribution in [2.75, 3.05) is 27.9 Å².